The zero-order chi connectivity index (χ0) is 11.4. The molecule has 1 saturated heterocycles. The molecule has 1 aromatic heterocycles. The quantitative estimate of drug-likeness (QED) is 0.867. The van der Waals surface area contributed by atoms with Gasteiger partial charge in [-0.05, 0) is 23.8 Å². The molecule has 0 aromatic carbocycles. The lowest BCUT2D eigenvalue weighted by Gasteiger charge is -2.34. The van der Waals surface area contributed by atoms with Crippen molar-refractivity contribution in [3.63, 3.8) is 0 Å². The zero-order valence-corrected chi connectivity index (χ0v) is 11.1. The fraction of sp³-hybridized carbons (Fsp3) is 0.692. The molecule has 2 heterocycles. The van der Waals surface area contributed by atoms with Gasteiger partial charge in [0, 0.05) is 37.1 Å². The highest BCUT2D eigenvalue weighted by Crippen LogP contribution is 2.15. The van der Waals surface area contributed by atoms with Crippen molar-refractivity contribution in [2.75, 3.05) is 19.6 Å². The van der Waals surface area contributed by atoms with Crippen LogP contribution in [0.3, 0.4) is 0 Å². The van der Waals surface area contributed by atoms with Crippen LogP contribution >= 0.6 is 11.3 Å². The van der Waals surface area contributed by atoms with Crippen LogP contribution < -0.4 is 5.32 Å². The lowest BCUT2D eigenvalue weighted by molar-refractivity contribution is 0.181. The number of nitrogens with zero attached hydrogens (tertiary/aromatic N) is 1. The Labute approximate surface area is 103 Å². The second kappa shape index (κ2) is 5.80. The van der Waals surface area contributed by atoms with Gasteiger partial charge < -0.3 is 5.32 Å². The van der Waals surface area contributed by atoms with Gasteiger partial charge in [-0.1, -0.05) is 19.9 Å². The molecule has 0 radical (unpaired) electrons. The molecule has 1 aliphatic heterocycles. The van der Waals surface area contributed by atoms with Gasteiger partial charge in [-0.2, -0.15) is 0 Å². The van der Waals surface area contributed by atoms with Crippen molar-refractivity contribution >= 4 is 11.3 Å². The third-order valence-corrected chi connectivity index (χ3v) is 3.92. The minimum Gasteiger partial charge on any atom is -0.311 e. The van der Waals surface area contributed by atoms with E-state index in [-0.39, 0.29) is 0 Å². The molecule has 16 heavy (non-hydrogen) atoms. The fourth-order valence-electron chi connectivity index (χ4n) is 2.39. The lowest BCUT2D eigenvalue weighted by atomic mass is 10.0. The Hall–Kier alpha value is -0.380. The van der Waals surface area contributed by atoms with Crippen LogP contribution in [0, 0.1) is 5.92 Å². The monoisotopic (exact) mass is 238 g/mol. The predicted octanol–water partition coefficient (Wildman–Crippen LogP) is 2.57. The highest BCUT2D eigenvalue weighted by atomic mass is 32.1. The molecule has 1 aliphatic rings. The molecule has 2 nitrogen and oxygen atoms in total. The molecule has 1 aromatic rings. The topological polar surface area (TPSA) is 15.3 Å². The molecular weight excluding hydrogens is 216 g/mol. The summed E-state index contributed by atoms with van der Waals surface area (Å²) in [6.07, 6.45) is 1.29. The molecule has 0 saturated carbocycles. The zero-order valence-electron chi connectivity index (χ0n) is 10.3. The summed E-state index contributed by atoms with van der Waals surface area (Å²) < 4.78 is 0. The molecule has 0 bridgehead atoms. The first kappa shape index (κ1) is 12.1. The van der Waals surface area contributed by atoms with Crippen LogP contribution in [-0.4, -0.2) is 30.6 Å². The highest BCUT2D eigenvalue weighted by Gasteiger charge is 2.19. The minimum atomic E-state index is 0.689. The Morgan fingerprint density at radius 1 is 1.56 bits per heavy atom. The summed E-state index contributed by atoms with van der Waals surface area (Å²) in [6.45, 7) is 9.28. The SMILES string of the molecule is CC(C)CC1CN(Cc2cccs2)CCN1. The molecule has 1 N–H and O–H groups in total. The number of piperazine rings is 1. The molecular formula is C13H22N2S. The Balaban J connectivity index is 1.82. The van der Waals surface area contributed by atoms with Gasteiger partial charge in [0.1, 0.15) is 0 Å². The smallest absolute Gasteiger partial charge is 0.0329 e. The Kier molecular flexibility index (Phi) is 4.38. The third kappa shape index (κ3) is 3.58. The van der Waals surface area contributed by atoms with Gasteiger partial charge in [-0.25, -0.2) is 0 Å². The maximum Gasteiger partial charge on any atom is 0.0329 e. The standard InChI is InChI=1S/C13H22N2S/c1-11(2)8-12-9-15(6-5-14-12)10-13-4-3-7-16-13/h3-4,7,11-12,14H,5-6,8-10H2,1-2H3. The van der Waals surface area contributed by atoms with E-state index in [1.54, 1.807) is 0 Å². The van der Waals surface area contributed by atoms with Crippen LogP contribution in [0.1, 0.15) is 25.1 Å². The van der Waals surface area contributed by atoms with Crippen molar-refractivity contribution < 1.29 is 0 Å². The summed E-state index contributed by atoms with van der Waals surface area (Å²) in [4.78, 5) is 4.07. The average molecular weight is 238 g/mol. The van der Waals surface area contributed by atoms with E-state index >= 15 is 0 Å². The molecule has 0 spiro atoms. The van der Waals surface area contributed by atoms with Crippen molar-refractivity contribution in [2.45, 2.75) is 32.9 Å². The average Bonchev–Trinajstić information content (AvgIpc) is 2.70. The number of hydrogen-bond donors (Lipinski definition) is 1. The summed E-state index contributed by atoms with van der Waals surface area (Å²) in [5, 5.41) is 5.79. The molecule has 3 heteroatoms. The van der Waals surface area contributed by atoms with E-state index in [1.165, 1.54) is 24.4 Å². The molecule has 0 aliphatic carbocycles. The number of nitrogens with one attached hydrogen (secondary N) is 1. The summed E-state index contributed by atoms with van der Waals surface area (Å²) in [7, 11) is 0. The van der Waals surface area contributed by atoms with Gasteiger partial charge in [0.2, 0.25) is 0 Å². The second-order valence-electron chi connectivity index (χ2n) is 5.10. The first-order valence-corrected chi connectivity index (χ1v) is 7.10. The predicted molar refractivity (Wildman–Crippen MR) is 70.8 cm³/mol. The summed E-state index contributed by atoms with van der Waals surface area (Å²) >= 11 is 1.87. The van der Waals surface area contributed by atoms with Crippen LogP contribution in [0.25, 0.3) is 0 Å². The first-order chi connectivity index (χ1) is 7.74. The van der Waals surface area contributed by atoms with E-state index in [4.69, 9.17) is 0 Å². The Bertz CT molecular complexity index is 295. The van der Waals surface area contributed by atoms with Gasteiger partial charge in [-0.15, -0.1) is 11.3 Å². The van der Waals surface area contributed by atoms with Crippen LogP contribution in [0.2, 0.25) is 0 Å². The second-order valence-corrected chi connectivity index (χ2v) is 6.13. The summed E-state index contributed by atoms with van der Waals surface area (Å²) in [5.74, 6) is 0.791. The van der Waals surface area contributed by atoms with E-state index in [0.717, 1.165) is 19.0 Å². The highest BCUT2D eigenvalue weighted by molar-refractivity contribution is 7.09. The maximum absolute atomic E-state index is 3.62. The van der Waals surface area contributed by atoms with Crippen molar-refractivity contribution in [3.8, 4) is 0 Å². The van der Waals surface area contributed by atoms with Crippen molar-refractivity contribution in [1.82, 2.24) is 10.2 Å². The van der Waals surface area contributed by atoms with Crippen molar-refractivity contribution in [2.24, 2.45) is 5.92 Å². The van der Waals surface area contributed by atoms with E-state index < -0.39 is 0 Å². The maximum atomic E-state index is 3.62. The van der Waals surface area contributed by atoms with Gasteiger partial charge in [0.25, 0.3) is 0 Å². The molecule has 1 atom stereocenters. The van der Waals surface area contributed by atoms with Crippen LogP contribution in [0.5, 0.6) is 0 Å². The van der Waals surface area contributed by atoms with Crippen LogP contribution in [0.15, 0.2) is 17.5 Å². The molecule has 1 unspecified atom stereocenters. The van der Waals surface area contributed by atoms with Gasteiger partial charge in [0.15, 0.2) is 0 Å². The largest absolute Gasteiger partial charge is 0.311 e. The van der Waals surface area contributed by atoms with E-state index in [2.05, 4.69) is 41.6 Å². The Morgan fingerprint density at radius 3 is 3.12 bits per heavy atom. The summed E-state index contributed by atoms with van der Waals surface area (Å²) in [6, 6.07) is 5.08. The number of hydrogen-bond acceptors (Lipinski definition) is 3. The lowest BCUT2D eigenvalue weighted by Crippen LogP contribution is -2.50. The van der Waals surface area contributed by atoms with Gasteiger partial charge in [-0.3, -0.25) is 4.90 Å². The van der Waals surface area contributed by atoms with Gasteiger partial charge in [0.05, 0.1) is 0 Å². The van der Waals surface area contributed by atoms with Crippen molar-refractivity contribution in [3.05, 3.63) is 22.4 Å². The Morgan fingerprint density at radius 2 is 2.44 bits per heavy atom. The molecule has 2 rings (SSSR count). The number of rotatable bonds is 4. The van der Waals surface area contributed by atoms with E-state index in [0.29, 0.717) is 6.04 Å². The molecule has 1 fully saturated rings. The van der Waals surface area contributed by atoms with E-state index in [9.17, 15) is 0 Å². The first-order valence-electron chi connectivity index (χ1n) is 6.22. The van der Waals surface area contributed by atoms with E-state index in [1.807, 2.05) is 11.3 Å². The third-order valence-electron chi connectivity index (χ3n) is 3.06. The van der Waals surface area contributed by atoms with Crippen LogP contribution in [0.4, 0.5) is 0 Å². The normalized spacial score (nSPS) is 22.8. The summed E-state index contributed by atoms with van der Waals surface area (Å²) in [5.41, 5.74) is 0. The molecule has 90 valence electrons. The van der Waals surface area contributed by atoms with Crippen molar-refractivity contribution in [1.29, 1.82) is 0 Å². The number of thiophene rings is 1. The molecule has 0 amide bonds. The minimum absolute atomic E-state index is 0.689. The van der Waals surface area contributed by atoms with Gasteiger partial charge >= 0.3 is 0 Å². The fourth-order valence-corrected chi connectivity index (χ4v) is 3.13. The van der Waals surface area contributed by atoms with Crippen LogP contribution in [-0.2, 0) is 6.54 Å².